The van der Waals surface area contributed by atoms with Crippen LogP contribution in [-0.4, -0.2) is 34.4 Å². The Morgan fingerprint density at radius 3 is 2.69 bits per heavy atom. The molecule has 0 spiro atoms. The number of benzene rings is 2. The normalized spacial score (nSPS) is 16.7. The SMILES string of the molecule is COC(=O)c1ccccc1N=C1NC(=O)/C(=C/c2ccc(O)c(O)c2)S1. The number of phenols is 2. The standard InChI is InChI=1S/C18H14N2O5S/c1-25-17(24)11-4-2-3-5-12(11)19-18-20-16(23)15(26-18)9-10-6-7-13(21)14(22)8-10/h2-9,21-22H,1H3,(H,19,20,23)/b15-9-. The molecule has 1 heterocycles. The van der Waals surface area contributed by atoms with Gasteiger partial charge in [-0.2, -0.15) is 0 Å². The second kappa shape index (κ2) is 7.32. The smallest absolute Gasteiger partial charge is 0.340 e. The molecule has 0 saturated carbocycles. The van der Waals surface area contributed by atoms with Crippen LogP contribution in [0.2, 0.25) is 0 Å². The number of nitrogens with zero attached hydrogens (tertiary/aromatic N) is 1. The van der Waals surface area contributed by atoms with Gasteiger partial charge in [-0.15, -0.1) is 0 Å². The van der Waals surface area contributed by atoms with Crippen molar-refractivity contribution in [1.29, 1.82) is 0 Å². The summed E-state index contributed by atoms with van der Waals surface area (Å²) < 4.78 is 4.73. The maximum absolute atomic E-state index is 12.1. The fourth-order valence-electron chi connectivity index (χ4n) is 2.23. The molecule has 8 heteroatoms. The fourth-order valence-corrected chi connectivity index (χ4v) is 3.06. The minimum Gasteiger partial charge on any atom is -0.504 e. The van der Waals surface area contributed by atoms with E-state index in [1.807, 2.05) is 0 Å². The second-order valence-corrected chi connectivity index (χ2v) is 6.27. The fraction of sp³-hybridized carbons (Fsp3) is 0.0556. The van der Waals surface area contributed by atoms with Crippen LogP contribution in [0.15, 0.2) is 52.4 Å². The first-order chi connectivity index (χ1) is 12.5. The first kappa shape index (κ1) is 17.6. The highest BCUT2D eigenvalue weighted by atomic mass is 32.2. The molecule has 0 aromatic heterocycles. The van der Waals surface area contributed by atoms with Crippen LogP contribution in [0.25, 0.3) is 6.08 Å². The number of para-hydroxylation sites is 1. The van der Waals surface area contributed by atoms with Gasteiger partial charge in [0.15, 0.2) is 16.7 Å². The summed E-state index contributed by atoms with van der Waals surface area (Å²) in [5, 5.41) is 21.8. The number of amidine groups is 1. The van der Waals surface area contributed by atoms with Crippen LogP contribution in [-0.2, 0) is 9.53 Å². The topological polar surface area (TPSA) is 108 Å². The molecule has 1 amide bonds. The molecule has 1 saturated heterocycles. The third kappa shape index (κ3) is 3.70. The molecule has 0 radical (unpaired) electrons. The third-order valence-electron chi connectivity index (χ3n) is 3.48. The summed E-state index contributed by atoms with van der Waals surface area (Å²) in [6.45, 7) is 0. The molecule has 0 aliphatic carbocycles. The van der Waals surface area contributed by atoms with E-state index in [4.69, 9.17) is 4.74 Å². The summed E-state index contributed by atoms with van der Waals surface area (Å²) in [5.41, 5.74) is 1.22. The largest absolute Gasteiger partial charge is 0.504 e. The molecule has 132 valence electrons. The van der Waals surface area contributed by atoms with E-state index >= 15 is 0 Å². The van der Waals surface area contributed by atoms with Gasteiger partial charge in [0.25, 0.3) is 5.91 Å². The van der Waals surface area contributed by atoms with E-state index in [1.54, 1.807) is 36.4 Å². The van der Waals surface area contributed by atoms with Crippen LogP contribution in [0.4, 0.5) is 5.69 Å². The van der Waals surface area contributed by atoms with E-state index in [9.17, 15) is 19.8 Å². The molecular weight excluding hydrogens is 356 g/mol. The zero-order valence-corrected chi connectivity index (χ0v) is 14.4. The summed E-state index contributed by atoms with van der Waals surface area (Å²) >= 11 is 1.10. The molecule has 0 unspecified atom stereocenters. The number of ether oxygens (including phenoxy) is 1. The van der Waals surface area contributed by atoms with Gasteiger partial charge < -0.3 is 20.3 Å². The Bertz CT molecular complexity index is 952. The van der Waals surface area contributed by atoms with Crippen molar-refractivity contribution in [1.82, 2.24) is 5.32 Å². The van der Waals surface area contributed by atoms with Crippen LogP contribution in [0.3, 0.4) is 0 Å². The molecule has 7 nitrogen and oxygen atoms in total. The first-order valence-electron chi connectivity index (χ1n) is 7.47. The third-order valence-corrected chi connectivity index (χ3v) is 4.39. The predicted octanol–water partition coefficient (Wildman–Crippen LogP) is 2.78. The Morgan fingerprint density at radius 1 is 1.19 bits per heavy atom. The van der Waals surface area contributed by atoms with E-state index < -0.39 is 5.97 Å². The molecule has 1 fully saturated rings. The highest BCUT2D eigenvalue weighted by Crippen LogP contribution is 2.31. The van der Waals surface area contributed by atoms with E-state index in [0.717, 1.165) is 11.8 Å². The van der Waals surface area contributed by atoms with Crippen LogP contribution in [0.5, 0.6) is 11.5 Å². The Balaban J connectivity index is 1.88. The monoisotopic (exact) mass is 370 g/mol. The lowest BCUT2D eigenvalue weighted by Gasteiger charge is -2.03. The van der Waals surface area contributed by atoms with E-state index in [0.29, 0.717) is 26.9 Å². The molecule has 0 atom stereocenters. The second-order valence-electron chi connectivity index (χ2n) is 5.24. The van der Waals surface area contributed by atoms with Gasteiger partial charge in [0.05, 0.1) is 23.3 Å². The lowest BCUT2D eigenvalue weighted by molar-refractivity contribution is -0.115. The average molecular weight is 370 g/mol. The lowest BCUT2D eigenvalue weighted by Crippen LogP contribution is -2.19. The number of phenolic OH excluding ortho intramolecular Hbond substituents is 2. The molecule has 3 N–H and O–H groups in total. The Labute approximate surface area is 153 Å². The van der Waals surface area contributed by atoms with Crippen molar-refractivity contribution in [2.24, 2.45) is 4.99 Å². The van der Waals surface area contributed by atoms with Gasteiger partial charge >= 0.3 is 5.97 Å². The minimum atomic E-state index is -0.519. The summed E-state index contributed by atoms with van der Waals surface area (Å²) in [5.74, 6) is -1.38. The van der Waals surface area contributed by atoms with Crippen molar-refractivity contribution in [3.05, 3.63) is 58.5 Å². The number of nitrogens with one attached hydrogen (secondary N) is 1. The Hall–Kier alpha value is -3.26. The number of carbonyl (C=O) groups excluding carboxylic acids is 2. The number of hydrogen-bond acceptors (Lipinski definition) is 7. The zero-order valence-electron chi connectivity index (χ0n) is 13.6. The number of carbonyl (C=O) groups is 2. The minimum absolute atomic E-state index is 0.239. The number of rotatable bonds is 3. The highest BCUT2D eigenvalue weighted by Gasteiger charge is 2.24. The zero-order chi connectivity index (χ0) is 18.7. The number of aliphatic imine (C=N–C) groups is 1. The maximum atomic E-state index is 12.1. The number of methoxy groups -OCH3 is 1. The van der Waals surface area contributed by atoms with Crippen molar-refractivity contribution in [2.45, 2.75) is 0 Å². The van der Waals surface area contributed by atoms with Crippen molar-refractivity contribution in [2.75, 3.05) is 7.11 Å². The number of thioether (sulfide) groups is 1. The van der Waals surface area contributed by atoms with Gasteiger partial charge in [-0.3, -0.25) is 4.79 Å². The van der Waals surface area contributed by atoms with Gasteiger partial charge in [0.2, 0.25) is 0 Å². The van der Waals surface area contributed by atoms with Crippen molar-refractivity contribution >= 4 is 40.6 Å². The van der Waals surface area contributed by atoms with E-state index in [2.05, 4.69) is 10.3 Å². The van der Waals surface area contributed by atoms with Crippen LogP contribution in [0.1, 0.15) is 15.9 Å². The molecule has 2 aromatic carbocycles. The quantitative estimate of drug-likeness (QED) is 0.436. The van der Waals surface area contributed by atoms with Gasteiger partial charge in [-0.05, 0) is 47.7 Å². The molecule has 0 bridgehead atoms. The number of hydrogen-bond donors (Lipinski definition) is 3. The maximum Gasteiger partial charge on any atom is 0.340 e. The van der Waals surface area contributed by atoms with Crippen LogP contribution < -0.4 is 5.32 Å². The molecule has 3 rings (SSSR count). The summed E-state index contributed by atoms with van der Waals surface area (Å²) in [4.78, 5) is 28.6. The Morgan fingerprint density at radius 2 is 1.96 bits per heavy atom. The summed E-state index contributed by atoms with van der Waals surface area (Å²) in [6, 6.07) is 10.9. The summed E-state index contributed by atoms with van der Waals surface area (Å²) in [6.07, 6.45) is 1.56. The van der Waals surface area contributed by atoms with Gasteiger partial charge in [-0.25, -0.2) is 9.79 Å². The molecular formula is C18H14N2O5S. The highest BCUT2D eigenvalue weighted by molar-refractivity contribution is 8.18. The van der Waals surface area contributed by atoms with Gasteiger partial charge in [0, 0.05) is 0 Å². The van der Waals surface area contributed by atoms with Gasteiger partial charge in [-0.1, -0.05) is 18.2 Å². The molecule has 26 heavy (non-hydrogen) atoms. The Kier molecular flexibility index (Phi) is 4.94. The van der Waals surface area contributed by atoms with Gasteiger partial charge in [0.1, 0.15) is 0 Å². The number of esters is 1. The number of amides is 1. The van der Waals surface area contributed by atoms with Crippen molar-refractivity contribution in [3.63, 3.8) is 0 Å². The van der Waals surface area contributed by atoms with Crippen LogP contribution >= 0.6 is 11.8 Å². The lowest BCUT2D eigenvalue weighted by atomic mass is 10.2. The predicted molar refractivity (Wildman–Crippen MR) is 98.4 cm³/mol. The van der Waals surface area contributed by atoms with Crippen molar-refractivity contribution < 1.29 is 24.5 Å². The average Bonchev–Trinajstić information content (AvgIpc) is 2.97. The van der Waals surface area contributed by atoms with E-state index in [-0.39, 0.29) is 17.4 Å². The molecule has 2 aromatic rings. The molecule has 1 aliphatic rings. The van der Waals surface area contributed by atoms with Crippen LogP contribution in [0, 0.1) is 0 Å². The number of aromatic hydroxyl groups is 2. The first-order valence-corrected chi connectivity index (χ1v) is 8.28. The van der Waals surface area contributed by atoms with E-state index in [1.165, 1.54) is 19.2 Å². The van der Waals surface area contributed by atoms with Crippen molar-refractivity contribution in [3.8, 4) is 11.5 Å². The molecule has 1 aliphatic heterocycles. The summed E-state index contributed by atoms with van der Waals surface area (Å²) in [7, 11) is 1.28.